The first-order chi connectivity index (χ1) is 8.54. The van der Waals surface area contributed by atoms with Gasteiger partial charge in [0.05, 0.1) is 12.5 Å². The van der Waals surface area contributed by atoms with Gasteiger partial charge in [0, 0.05) is 17.3 Å². The summed E-state index contributed by atoms with van der Waals surface area (Å²) in [5.41, 5.74) is 0. The Morgan fingerprint density at radius 3 is 2.61 bits per heavy atom. The molecule has 0 spiro atoms. The van der Waals surface area contributed by atoms with Gasteiger partial charge in [-0.25, -0.2) is 0 Å². The zero-order valence-corrected chi connectivity index (χ0v) is 12.1. The first-order valence-electron chi connectivity index (χ1n) is 6.69. The Labute approximate surface area is 113 Å². The highest BCUT2D eigenvalue weighted by Crippen LogP contribution is 2.29. The molecular weight excluding hydrogens is 248 g/mol. The maximum atomic E-state index is 12.2. The number of carbonyl (C=O) groups excluding carboxylic acids is 2. The molecule has 1 N–H and O–H groups in total. The number of rotatable bonds is 4. The lowest BCUT2D eigenvalue weighted by Gasteiger charge is -2.23. The maximum absolute atomic E-state index is 12.2. The molecule has 4 nitrogen and oxygen atoms in total. The SMILES string of the molecule is CSC1CCCC1NC1CC(=O)N(C(C)C)C1=O. The molecule has 102 valence electrons. The van der Waals surface area contributed by atoms with Gasteiger partial charge in [0.25, 0.3) is 0 Å². The zero-order valence-electron chi connectivity index (χ0n) is 11.3. The van der Waals surface area contributed by atoms with E-state index in [1.54, 1.807) is 0 Å². The van der Waals surface area contributed by atoms with Crippen LogP contribution in [0.1, 0.15) is 39.5 Å². The second kappa shape index (κ2) is 5.61. The number of thioether (sulfide) groups is 1. The quantitative estimate of drug-likeness (QED) is 0.785. The van der Waals surface area contributed by atoms with Crippen LogP contribution in [0.4, 0.5) is 0 Å². The minimum Gasteiger partial charge on any atom is -0.302 e. The third kappa shape index (κ3) is 2.57. The van der Waals surface area contributed by atoms with Gasteiger partial charge in [-0.1, -0.05) is 6.42 Å². The molecule has 3 atom stereocenters. The molecule has 1 aliphatic heterocycles. The second-order valence-corrected chi connectivity index (χ2v) is 6.51. The molecule has 1 saturated heterocycles. The van der Waals surface area contributed by atoms with E-state index in [-0.39, 0.29) is 23.9 Å². The molecule has 18 heavy (non-hydrogen) atoms. The number of likely N-dealkylation sites (tertiary alicyclic amines) is 1. The number of nitrogens with zero attached hydrogens (tertiary/aromatic N) is 1. The number of carbonyl (C=O) groups is 2. The summed E-state index contributed by atoms with van der Waals surface area (Å²) < 4.78 is 0. The zero-order chi connectivity index (χ0) is 13.3. The van der Waals surface area contributed by atoms with Crippen LogP contribution in [-0.2, 0) is 9.59 Å². The summed E-state index contributed by atoms with van der Waals surface area (Å²) >= 11 is 1.86. The molecule has 2 amide bonds. The summed E-state index contributed by atoms with van der Waals surface area (Å²) in [6.45, 7) is 3.77. The van der Waals surface area contributed by atoms with E-state index in [4.69, 9.17) is 0 Å². The second-order valence-electron chi connectivity index (χ2n) is 5.43. The van der Waals surface area contributed by atoms with E-state index in [9.17, 15) is 9.59 Å². The van der Waals surface area contributed by atoms with E-state index < -0.39 is 0 Å². The number of amides is 2. The monoisotopic (exact) mass is 270 g/mol. The van der Waals surface area contributed by atoms with Gasteiger partial charge in [-0.15, -0.1) is 0 Å². The Hall–Kier alpha value is -0.550. The largest absolute Gasteiger partial charge is 0.302 e. The van der Waals surface area contributed by atoms with Crippen LogP contribution in [0.25, 0.3) is 0 Å². The molecule has 2 rings (SSSR count). The Bertz CT molecular complexity index is 346. The van der Waals surface area contributed by atoms with Gasteiger partial charge in [-0.05, 0) is 32.9 Å². The van der Waals surface area contributed by atoms with Crippen LogP contribution in [0.15, 0.2) is 0 Å². The lowest BCUT2D eigenvalue weighted by Crippen LogP contribution is -2.47. The fraction of sp³-hybridized carbons (Fsp3) is 0.846. The fourth-order valence-corrected chi connectivity index (χ4v) is 3.93. The van der Waals surface area contributed by atoms with Crippen LogP contribution in [-0.4, -0.2) is 46.3 Å². The van der Waals surface area contributed by atoms with Crippen molar-refractivity contribution in [1.29, 1.82) is 0 Å². The molecule has 2 fully saturated rings. The van der Waals surface area contributed by atoms with Crippen molar-refractivity contribution in [1.82, 2.24) is 10.2 Å². The van der Waals surface area contributed by atoms with Gasteiger partial charge < -0.3 is 5.32 Å². The van der Waals surface area contributed by atoms with Crippen LogP contribution in [0.3, 0.4) is 0 Å². The summed E-state index contributed by atoms with van der Waals surface area (Å²) in [5.74, 6) is -0.0760. The van der Waals surface area contributed by atoms with Crippen LogP contribution in [0.2, 0.25) is 0 Å². The first-order valence-corrected chi connectivity index (χ1v) is 7.98. The first kappa shape index (κ1) is 13.9. The van der Waals surface area contributed by atoms with Crippen LogP contribution >= 0.6 is 11.8 Å². The van der Waals surface area contributed by atoms with E-state index in [1.807, 2.05) is 25.6 Å². The van der Waals surface area contributed by atoms with E-state index in [0.717, 1.165) is 6.42 Å². The summed E-state index contributed by atoms with van der Waals surface area (Å²) in [6, 6.07) is 0.0586. The maximum Gasteiger partial charge on any atom is 0.247 e. The van der Waals surface area contributed by atoms with Crippen LogP contribution < -0.4 is 5.32 Å². The Kier molecular flexibility index (Phi) is 4.33. The molecule has 1 aliphatic carbocycles. The van der Waals surface area contributed by atoms with Crippen LogP contribution in [0.5, 0.6) is 0 Å². The van der Waals surface area contributed by atoms with Crippen molar-refractivity contribution in [3.05, 3.63) is 0 Å². The summed E-state index contributed by atoms with van der Waals surface area (Å²) in [4.78, 5) is 25.4. The predicted molar refractivity (Wildman–Crippen MR) is 73.5 cm³/mol. The summed E-state index contributed by atoms with van der Waals surface area (Å²) in [6.07, 6.45) is 5.99. The molecule has 0 aromatic rings. The minimum absolute atomic E-state index is 0.0308. The molecule has 2 aliphatic rings. The third-order valence-corrected chi connectivity index (χ3v) is 5.04. The van der Waals surface area contributed by atoms with Crippen molar-refractivity contribution in [3.63, 3.8) is 0 Å². The van der Waals surface area contributed by atoms with E-state index in [0.29, 0.717) is 17.7 Å². The Morgan fingerprint density at radius 1 is 1.33 bits per heavy atom. The molecule has 5 heteroatoms. The molecule has 1 heterocycles. The smallest absolute Gasteiger partial charge is 0.247 e. The average Bonchev–Trinajstić information content (AvgIpc) is 2.84. The molecule has 0 aromatic carbocycles. The van der Waals surface area contributed by atoms with Crippen molar-refractivity contribution < 1.29 is 9.59 Å². The standard InChI is InChI=1S/C13H22N2O2S/c1-8(2)15-12(16)7-10(13(15)17)14-9-5-4-6-11(9)18-3/h8-11,14H,4-7H2,1-3H3. The van der Waals surface area contributed by atoms with Crippen molar-refractivity contribution in [3.8, 4) is 0 Å². The van der Waals surface area contributed by atoms with Crippen molar-refractivity contribution in [2.24, 2.45) is 0 Å². The number of hydrogen-bond donors (Lipinski definition) is 1. The number of nitrogens with one attached hydrogen (secondary N) is 1. The average molecular weight is 270 g/mol. The van der Waals surface area contributed by atoms with Crippen molar-refractivity contribution in [2.75, 3.05) is 6.26 Å². The normalized spacial score (nSPS) is 32.9. The molecule has 3 unspecified atom stereocenters. The van der Waals surface area contributed by atoms with E-state index in [1.165, 1.54) is 17.7 Å². The highest BCUT2D eigenvalue weighted by atomic mass is 32.2. The van der Waals surface area contributed by atoms with Gasteiger partial charge in [0.1, 0.15) is 0 Å². The van der Waals surface area contributed by atoms with Gasteiger partial charge in [0.2, 0.25) is 11.8 Å². The van der Waals surface area contributed by atoms with E-state index in [2.05, 4.69) is 11.6 Å². The van der Waals surface area contributed by atoms with E-state index >= 15 is 0 Å². The fourth-order valence-electron chi connectivity index (χ4n) is 2.98. The van der Waals surface area contributed by atoms with Gasteiger partial charge in [-0.2, -0.15) is 11.8 Å². The minimum atomic E-state index is -0.294. The highest BCUT2D eigenvalue weighted by molar-refractivity contribution is 7.99. The lowest BCUT2D eigenvalue weighted by molar-refractivity contribution is -0.140. The highest BCUT2D eigenvalue weighted by Gasteiger charge is 2.42. The topological polar surface area (TPSA) is 49.4 Å². The molecule has 0 radical (unpaired) electrons. The molecule has 1 saturated carbocycles. The molecule has 0 bridgehead atoms. The number of imide groups is 1. The number of hydrogen-bond acceptors (Lipinski definition) is 4. The molecule has 0 aromatic heterocycles. The lowest BCUT2D eigenvalue weighted by atomic mass is 10.1. The van der Waals surface area contributed by atoms with Crippen molar-refractivity contribution in [2.45, 2.75) is 62.9 Å². The van der Waals surface area contributed by atoms with Gasteiger partial charge in [-0.3, -0.25) is 14.5 Å². The summed E-state index contributed by atoms with van der Waals surface area (Å²) in [5, 5.41) is 4.00. The third-order valence-electron chi connectivity index (χ3n) is 3.87. The summed E-state index contributed by atoms with van der Waals surface area (Å²) in [7, 11) is 0. The molecular formula is C13H22N2O2S. The van der Waals surface area contributed by atoms with Crippen molar-refractivity contribution >= 4 is 23.6 Å². The Balaban J connectivity index is 1.99. The predicted octanol–water partition coefficient (Wildman–Crippen LogP) is 1.40. The van der Waals surface area contributed by atoms with Crippen LogP contribution in [0, 0.1) is 0 Å². The van der Waals surface area contributed by atoms with Gasteiger partial charge in [0.15, 0.2) is 0 Å². The van der Waals surface area contributed by atoms with Gasteiger partial charge >= 0.3 is 0 Å². The Morgan fingerprint density at radius 2 is 2.06 bits per heavy atom.